The molecule has 0 bridgehead atoms. The zero-order chi connectivity index (χ0) is 20.1. The zero-order valence-corrected chi connectivity index (χ0v) is 14.7. The molecule has 0 aliphatic rings. The largest absolute Gasteiger partial charge is 0.489 e. The molecule has 1 amide bonds. The van der Waals surface area contributed by atoms with E-state index >= 15 is 0 Å². The summed E-state index contributed by atoms with van der Waals surface area (Å²) in [6.07, 6.45) is -4.28. The number of carbonyl (C=O) groups is 1. The van der Waals surface area contributed by atoms with Crippen LogP contribution in [0.4, 0.5) is 13.2 Å². The molecule has 0 radical (unpaired) electrons. The fraction of sp³-hybridized carbons (Fsp3) is 0.316. The number of rotatable bonds is 7. The van der Waals surface area contributed by atoms with Crippen molar-refractivity contribution in [2.45, 2.75) is 24.7 Å². The molecule has 0 aromatic heterocycles. The minimum atomic E-state index is -4.40. The monoisotopic (exact) mass is 382 g/mol. The Balaban J connectivity index is 2.01. The Bertz CT molecular complexity index is 779. The lowest BCUT2D eigenvalue weighted by atomic mass is 9.91. The van der Waals surface area contributed by atoms with Gasteiger partial charge in [-0.05, 0) is 35.4 Å². The number of amides is 1. The number of nitrogens with one attached hydrogen (secondary N) is 1. The molecule has 4 N–H and O–H groups in total. The summed E-state index contributed by atoms with van der Waals surface area (Å²) >= 11 is 0. The van der Waals surface area contributed by atoms with Crippen molar-refractivity contribution in [1.82, 2.24) is 5.32 Å². The highest BCUT2D eigenvalue weighted by atomic mass is 19.4. The van der Waals surface area contributed by atoms with E-state index in [0.717, 1.165) is 12.1 Å². The van der Waals surface area contributed by atoms with Crippen LogP contribution in [0.1, 0.15) is 16.7 Å². The molecule has 2 aromatic carbocycles. The van der Waals surface area contributed by atoms with Crippen molar-refractivity contribution in [1.29, 1.82) is 0 Å². The minimum Gasteiger partial charge on any atom is -0.489 e. The van der Waals surface area contributed by atoms with Gasteiger partial charge in [0.05, 0.1) is 12.2 Å². The molecule has 8 heteroatoms. The summed E-state index contributed by atoms with van der Waals surface area (Å²) in [5, 5.41) is 11.8. The summed E-state index contributed by atoms with van der Waals surface area (Å²) in [6, 6.07) is 11.6. The van der Waals surface area contributed by atoms with Gasteiger partial charge in [-0.3, -0.25) is 4.79 Å². The molecule has 5 nitrogen and oxygen atoms in total. The SMILES string of the molecule is CNC(=O)C(N)(CO)Cc1ccc(OCc2cccc(C(F)(F)F)c2)cc1. The van der Waals surface area contributed by atoms with Crippen LogP contribution in [0.5, 0.6) is 5.75 Å². The van der Waals surface area contributed by atoms with Crippen molar-refractivity contribution >= 4 is 5.91 Å². The van der Waals surface area contributed by atoms with Gasteiger partial charge in [0.15, 0.2) is 0 Å². The molecule has 0 saturated heterocycles. The standard InChI is InChI=1S/C19H21F3N2O3/c1-24-17(26)18(23,12-25)10-13-5-7-16(8-6-13)27-11-14-3-2-4-15(9-14)19(20,21)22/h2-9,25H,10-12,23H2,1H3,(H,24,26). The molecule has 2 rings (SSSR count). The molecule has 0 saturated carbocycles. The molecule has 1 atom stereocenters. The van der Waals surface area contributed by atoms with E-state index in [1.165, 1.54) is 13.1 Å². The van der Waals surface area contributed by atoms with Gasteiger partial charge in [0.25, 0.3) is 0 Å². The third-order valence-corrected chi connectivity index (χ3v) is 4.06. The van der Waals surface area contributed by atoms with Gasteiger partial charge in [-0.25, -0.2) is 0 Å². The van der Waals surface area contributed by atoms with Crippen molar-refractivity contribution in [2.24, 2.45) is 5.73 Å². The molecule has 0 aliphatic carbocycles. The molecule has 1 unspecified atom stereocenters. The normalized spacial score (nSPS) is 13.7. The molecular weight excluding hydrogens is 361 g/mol. The van der Waals surface area contributed by atoms with Gasteiger partial charge in [-0.1, -0.05) is 24.3 Å². The predicted octanol–water partition coefficient (Wildman–Crippen LogP) is 2.26. The lowest BCUT2D eigenvalue weighted by Gasteiger charge is -2.25. The number of halogens is 3. The Morgan fingerprint density at radius 2 is 1.81 bits per heavy atom. The van der Waals surface area contributed by atoms with E-state index in [-0.39, 0.29) is 13.0 Å². The number of nitrogens with two attached hydrogens (primary N) is 1. The van der Waals surface area contributed by atoms with E-state index in [9.17, 15) is 23.1 Å². The van der Waals surface area contributed by atoms with E-state index in [2.05, 4.69) is 5.32 Å². The van der Waals surface area contributed by atoms with Gasteiger partial charge in [-0.15, -0.1) is 0 Å². The number of aliphatic hydroxyl groups excluding tert-OH is 1. The second-order valence-corrected chi connectivity index (χ2v) is 6.20. The molecular formula is C19H21F3N2O3. The number of aliphatic hydroxyl groups is 1. The summed E-state index contributed by atoms with van der Waals surface area (Å²) in [6.45, 7) is -0.528. The van der Waals surface area contributed by atoms with Crippen LogP contribution < -0.4 is 15.8 Å². The van der Waals surface area contributed by atoms with E-state index < -0.39 is 29.8 Å². The third-order valence-electron chi connectivity index (χ3n) is 4.06. The first kappa shape index (κ1) is 20.7. The van der Waals surface area contributed by atoms with Crippen LogP contribution >= 0.6 is 0 Å². The second-order valence-electron chi connectivity index (χ2n) is 6.20. The Morgan fingerprint density at radius 3 is 2.37 bits per heavy atom. The van der Waals surface area contributed by atoms with Gasteiger partial charge < -0.3 is 20.9 Å². The molecule has 0 aliphatic heterocycles. The van der Waals surface area contributed by atoms with Crippen LogP contribution in [0, 0.1) is 0 Å². The minimum absolute atomic E-state index is 0.0149. The summed E-state index contributed by atoms with van der Waals surface area (Å²) in [7, 11) is 1.43. The van der Waals surface area contributed by atoms with Gasteiger partial charge in [0.1, 0.15) is 17.9 Å². The van der Waals surface area contributed by atoms with Crippen molar-refractivity contribution in [2.75, 3.05) is 13.7 Å². The predicted molar refractivity (Wildman–Crippen MR) is 94.0 cm³/mol. The van der Waals surface area contributed by atoms with E-state index in [1.54, 1.807) is 30.3 Å². The quantitative estimate of drug-likeness (QED) is 0.686. The molecule has 0 spiro atoms. The first-order valence-electron chi connectivity index (χ1n) is 8.18. The topological polar surface area (TPSA) is 84.6 Å². The zero-order valence-electron chi connectivity index (χ0n) is 14.7. The number of alkyl halides is 3. The van der Waals surface area contributed by atoms with Gasteiger partial charge >= 0.3 is 6.18 Å². The molecule has 0 heterocycles. The first-order valence-corrected chi connectivity index (χ1v) is 8.18. The average molecular weight is 382 g/mol. The van der Waals surface area contributed by atoms with Crippen molar-refractivity contribution < 1.29 is 27.8 Å². The van der Waals surface area contributed by atoms with Gasteiger partial charge in [-0.2, -0.15) is 13.2 Å². The maximum atomic E-state index is 12.7. The summed E-state index contributed by atoms with van der Waals surface area (Å²) < 4.78 is 43.7. The van der Waals surface area contributed by atoms with Crippen molar-refractivity contribution in [3.8, 4) is 5.75 Å². The number of hydrogen-bond donors (Lipinski definition) is 3. The van der Waals surface area contributed by atoms with Crippen LogP contribution in [-0.2, 0) is 24.0 Å². The second kappa shape index (κ2) is 8.41. The summed E-state index contributed by atoms with van der Waals surface area (Å²) in [5.74, 6) is -0.0161. The lowest BCUT2D eigenvalue weighted by Crippen LogP contribution is -2.57. The Kier molecular flexibility index (Phi) is 6.45. The average Bonchev–Trinajstić information content (AvgIpc) is 2.66. The maximum Gasteiger partial charge on any atom is 0.416 e. The Labute approximate surface area is 154 Å². The molecule has 2 aromatic rings. The number of likely N-dealkylation sites (N-methyl/N-ethyl adjacent to an activating group) is 1. The highest BCUT2D eigenvalue weighted by Gasteiger charge is 2.33. The Morgan fingerprint density at radius 1 is 1.15 bits per heavy atom. The smallest absolute Gasteiger partial charge is 0.416 e. The van der Waals surface area contributed by atoms with E-state index in [0.29, 0.717) is 16.9 Å². The number of ether oxygens (including phenoxy) is 1. The fourth-order valence-corrected chi connectivity index (χ4v) is 2.53. The third kappa shape index (κ3) is 5.45. The van der Waals surface area contributed by atoms with Crippen LogP contribution in [0.3, 0.4) is 0 Å². The number of carbonyl (C=O) groups excluding carboxylic acids is 1. The van der Waals surface area contributed by atoms with Crippen molar-refractivity contribution in [3.05, 3.63) is 65.2 Å². The van der Waals surface area contributed by atoms with E-state index in [4.69, 9.17) is 10.5 Å². The summed E-state index contributed by atoms with van der Waals surface area (Å²) in [4.78, 5) is 11.8. The van der Waals surface area contributed by atoms with Crippen LogP contribution in [-0.4, -0.2) is 30.2 Å². The maximum absolute atomic E-state index is 12.7. The number of benzene rings is 2. The van der Waals surface area contributed by atoms with Gasteiger partial charge in [0.2, 0.25) is 5.91 Å². The van der Waals surface area contributed by atoms with Crippen LogP contribution in [0.15, 0.2) is 48.5 Å². The van der Waals surface area contributed by atoms with Crippen molar-refractivity contribution in [3.63, 3.8) is 0 Å². The first-order chi connectivity index (χ1) is 12.7. The number of hydrogen-bond acceptors (Lipinski definition) is 4. The highest BCUT2D eigenvalue weighted by molar-refractivity contribution is 5.86. The molecule has 146 valence electrons. The Hall–Kier alpha value is -2.58. The van der Waals surface area contributed by atoms with Crippen LogP contribution in [0.25, 0.3) is 0 Å². The van der Waals surface area contributed by atoms with E-state index in [1.807, 2.05) is 0 Å². The van der Waals surface area contributed by atoms with Crippen LogP contribution in [0.2, 0.25) is 0 Å². The lowest BCUT2D eigenvalue weighted by molar-refractivity contribution is -0.137. The fourth-order valence-electron chi connectivity index (χ4n) is 2.53. The molecule has 0 fully saturated rings. The van der Waals surface area contributed by atoms with Gasteiger partial charge in [0, 0.05) is 13.5 Å². The summed E-state index contributed by atoms with van der Waals surface area (Å²) in [5.41, 5.74) is 4.87. The highest BCUT2D eigenvalue weighted by Crippen LogP contribution is 2.29. The molecule has 27 heavy (non-hydrogen) atoms.